The highest BCUT2D eigenvalue weighted by Crippen LogP contribution is 2.08. The molecule has 2 aromatic rings. The summed E-state index contributed by atoms with van der Waals surface area (Å²) in [5.74, 6) is 0.956. The number of hydrogen-bond acceptors (Lipinski definition) is 3. The van der Waals surface area contributed by atoms with Crippen LogP contribution in [0.1, 0.15) is 11.4 Å². The summed E-state index contributed by atoms with van der Waals surface area (Å²) in [5, 5.41) is 3.30. The zero-order chi connectivity index (χ0) is 10.5. The standard InChI is InChI=1S/C11H13N3S/c15-10-3-1-2-9(6-10)7-12-8-11-13-4-5-14-11/h1-6,12,15H,7-8H2,(H,13,14). The van der Waals surface area contributed by atoms with Crippen molar-refractivity contribution in [2.45, 2.75) is 18.0 Å². The summed E-state index contributed by atoms with van der Waals surface area (Å²) in [7, 11) is 0. The second-order valence-electron chi connectivity index (χ2n) is 3.31. The first-order valence-corrected chi connectivity index (χ1v) is 5.26. The molecule has 0 fully saturated rings. The van der Waals surface area contributed by atoms with Crippen molar-refractivity contribution in [1.82, 2.24) is 15.3 Å². The molecule has 3 nitrogen and oxygen atoms in total. The molecule has 0 saturated heterocycles. The minimum atomic E-state index is 0.754. The van der Waals surface area contributed by atoms with Crippen molar-refractivity contribution in [2.75, 3.05) is 0 Å². The minimum absolute atomic E-state index is 0.754. The number of rotatable bonds is 4. The Morgan fingerprint density at radius 1 is 1.33 bits per heavy atom. The SMILES string of the molecule is Sc1cccc(CNCc2ncc[nH]2)c1. The van der Waals surface area contributed by atoms with Gasteiger partial charge in [0.05, 0.1) is 6.54 Å². The fourth-order valence-corrected chi connectivity index (χ4v) is 1.64. The molecule has 0 spiro atoms. The first-order chi connectivity index (χ1) is 7.34. The van der Waals surface area contributed by atoms with E-state index < -0.39 is 0 Å². The lowest BCUT2D eigenvalue weighted by atomic mass is 10.2. The number of imidazole rings is 1. The Balaban J connectivity index is 1.83. The van der Waals surface area contributed by atoms with Gasteiger partial charge in [0.25, 0.3) is 0 Å². The average Bonchev–Trinajstić information content (AvgIpc) is 2.71. The van der Waals surface area contributed by atoms with Crippen molar-refractivity contribution in [1.29, 1.82) is 0 Å². The zero-order valence-corrected chi connectivity index (χ0v) is 9.17. The van der Waals surface area contributed by atoms with Gasteiger partial charge in [-0.15, -0.1) is 12.6 Å². The van der Waals surface area contributed by atoms with Gasteiger partial charge in [-0.2, -0.15) is 0 Å². The first-order valence-electron chi connectivity index (χ1n) is 4.81. The van der Waals surface area contributed by atoms with E-state index in [1.165, 1.54) is 5.56 Å². The third kappa shape index (κ3) is 3.11. The molecule has 0 amide bonds. The van der Waals surface area contributed by atoms with Crippen LogP contribution in [0.25, 0.3) is 0 Å². The largest absolute Gasteiger partial charge is 0.348 e. The molecule has 0 aliphatic rings. The summed E-state index contributed by atoms with van der Waals surface area (Å²) in [6.45, 7) is 1.58. The maximum atomic E-state index is 4.29. The van der Waals surface area contributed by atoms with Crippen LogP contribution in [0, 0.1) is 0 Å². The average molecular weight is 219 g/mol. The smallest absolute Gasteiger partial charge is 0.120 e. The highest BCUT2D eigenvalue weighted by atomic mass is 32.1. The van der Waals surface area contributed by atoms with Gasteiger partial charge in [0.2, 0.25) is 0 Å². The van der Waals surface area contributed by atoms with E-state index >= 15 is 0 Å². The molecule has 0 atom stereocenters. The summed E-state index contributed by atoms with van der Waals surface area (Å²) < 4.78 is 0. The van der Waals surface area contributed by atoms with Crippen LogP contribution in [0.3, 0.4) is 0 Å². The minimum Gasteiger partial charge on any atom is -0.348 e. The van der Waals surface area contributed by atoms with Crippen molar-refractivity contribution in [3.05, 3.63) is 48.0 Å². The number of thiol groups is 1. The van der Waals surface area contributed by atoms with Gasteiger partial charge in [-0.1, -0.05) is 12.1 Å². The van der Waals surface area contributed by atoms with Gasteiger partial charge in [-0.05, 0) is 17.7 Å². The van der Waals surface area contributed by atoms with Gasteiger partial charge in [-0.25, -0.2) is 4.98 Å². The number of benzene rings is 1. The number of H-pyrrole nitrogens is 1. The van der Waals surface area contributed by atoms with E-state index in [0.717, 1.165) is 23.8 Å². The molecule has 4 heteroatoms. The van der Waals surface area contributed by atoms with Crippen LogP contribution < -0.4 is 5.32 Å². The Morgan fingerprint density at radius 3 is 3.00 bits per heavy atom. The molecule has 0 aliphatic heterocycles. The van der Waals surface area contributed by atoms with E-state index in [0.29, 0.717) is 0 Å². The third-order valence-electron chi connectivity index (χ3n) is 2.09. The van der Waals surface area contributed by atoms with Crippen LogP contribution in [0.5, 0.6) is 0 Å². The van der Waals surface area contributed by atoms with Crippen LogP contribution >= 0.6 is 12.6 Å². The first kappa shape index (κ1) is 10.3. The van der Waals surface area contributed by atoms with Gasteiger partial charge in [-0.3, -0.25) is 0 Å². The van der Waals surface area contributed by atoms with Gasteiger partial charge in [0.1, 0.15) is 5.82 Å². The summed E-state index contributed by atoms with van der Waals surface area (Å²) in [5.41, 5.74) is 1.23. The number of nitrogens with one attached hydrogen (secondary N) is 2. The molecule has 0 unspecified atom stereocenters. The molecule has 1 aromatic heterocycles. The van der Waals surface area contributed by atoms with E-state index in [1.807, 2.05) is 18.3 Å². The number of aromatic amines is 1. The second-order valence-corrected chi connectivity index (χ2v) is 3.83. The zero-order valence-electron chi connectivity index (χ0n) is 8.27. The number of hydrogen-bond donors (Lipinski definition) is 3. The highest BCUT2D eigenvalue weighted by Gasteiger charge is 1.95. The Hall–Kier alpha value is -1.26. The van der Waals surface area contributed by atoms with E-state index in [1.54, 1.807) is 6.20 Å². The lowest BCUT2D eigenvalue weighted by Gasteiger charge is -2.03. The van der Waals surface area contributed by atoms with Crippen molar-refractivity contribution in [3.8, 4) is 0 Å². The van der Waals surface area contributed by atoms with Crippen LogP contribution in [0.4, 0.5) is 0 Å². The molecule has 1 aromatic carbocycles. The van der Waals surface area contributed by atoms with E-state index in [-0.39, 0.29) is 0 Å². The molecule has 0 bridgehead atoms. The lowest BCUT2D eigenvalue weighted by molar-refractivity contribution is 0.668. The van der Waals surface area contributed by atoms with Crippen LogP contribution in [0.2, 0.25) is 0 Å². The third-order valence-corrected chi connectivity index (χ3v) is 2.37. The molecule has 0 radical (unpaired) electrons. The van der Waals surface area contributed by atoms with E-state index in [9.17, 15) is 0 Å². The van der Waals surface area contributed by atoms with Crippen molar-refractivity contribution < 1.29 is 0 Å². The van der Waals surface area contributed by atoms with Crippen molar-refractivity contribution in [3.63, 3.8) is 0 Å². The summed E-state index contributed by atoms with van der Waals surface area (Å²) >= 11 is 4.29. The molecular formula is C11H13N3S. The quantitative estimate of drug-likeness (QED) is 0.688. The molecule has 78 valence electrons. The van der Waals surface area contributed by atoms with Crippen LogP contribution in [-0.4, -0.2) is 9.97 Å². The van der Waals surface area contributed by atoms with Gasteiger partial charge >= 0.3 is 0 Å². The summed E-state index contributed by atoms with van der Waals surface area (Å²) in [6.07, 6.45) is 3.58. The van der Waals surface area contributed by atoms with Gasteiger partial charge in [0.15, 0.2) is 0 Å². The van der Waals surface area contributed by atoms with E-state index in [2.05, 4.69) is 40.0 Å². The molecule has 2 rings (SSSR count). The molecule has 2 N–H and O–H groups in total. The normalized spacial score (nSPS) is 10.5. The Bertz CT molecular complexity index is 412. The van der Waals surface area contributed by atoms with Crippen molar-refractivity contribution >= 4 is 12.6 Å². The van der Waals surface area contributed by atoms with Crippen LogP contribution in [0.15, 0.2) is 41.6 Å². The molecular weight excluding hydrogens is 206 g/mol. The fraction of sp³-hybridized carbons (Fsp3) is 0.182. The van der Waals surface area contributed by atoms with E-state index in [4.69, 9.17) is 0 Å². The predicted molar refractivity (Wildman–Crippen MR) is 62.8 cm³/mol. The van der Waals surface area contributed by atoms with Gasteiger partial charge < -0.3 is 10.3 Å². The molecule has 1 heterocycles. The number of nitrogens with zero attached hydrogens (tertiary/aromatic N) is 1. The molecule has 15 heavy (non-hydrogen) atoms. The Labute approximate surface area is 94.4 Å². The van der Waals surface area contributed by atoms with Gasteiger partial charge in [0, 0.05) is 23.8 Å². The molecule has 0 aliphatic carbocycles. The maximum Gasteiger partial charge on any atom is 0.120 e. The summed E-state index contributed by atoms with van der Waals surface area (Å²) in [6, 6.07) is 8.11. The monoisotopic (exact) mass is 219 g/mol. The topological polar surface area (TPSA) is 40.7 Å². The van der Waals surface area contributed by atoms with Crippen LogP contribution in [-0.2, 0) is 13.1 Å². The Kier molecular flexibility index (Phi) is 3.42. The Morgan fingerprint density at radius 2 is 2.27 bits per heavy atom. The predicted octanol–water partition coefficient (Wildman–Crippen LogP) is 1.99. The summed E-state index contributed by atoms with van der Waals surface area (Å²) in [4.78, 5) is 8.17. The van der Waals surface area contributed by atoms with Crippen molar-refractivity contribution in [2.24, 2.45) is 0 Å². The fourth-order valence-electron chi connectivity index (χ4n) is 1.39. The number of aromatic nitrogens is 2. The maximum absolute atomic E-state index is 4.29. The lowest BCUT2D eigenvalue weighted by Crippen LogP contribution is -2.13. The highest BCUT2D eigenvalue weighted by molar-refractivity contribution is 7.80. The molecule has 0 saturated carbocycles. The second kappa shape index (κ2) is 5.00.